The molecule has 2 aromatic heterocycles. The van der Waals surface area contributed by atoms with E-state index in [1.54, 1.807) is 27.7 Å². The van der Waals surface area contributed by atoms with Gasteiger partial charge in [-0.1, -0.05) is 0 Å². The summed E-state index contributed by atoms with van der Waals surface area (Å²) in [5.41, 5.74) is -3.25. The van der Waals surface area contributed by atoms with E-state index in [2.05, 4.69) is 20.4 Å². The Labute approximate surface area is 202 Å². The fraction of sp³-hybridized carbons (Fsp3) is 0.619. The van der Waals surface area contributed by atoms with Crippen LogP contribution in [0.4, 0.5) is 37.1 Å². The number of amides is 1. The first-order chi connectivity index (χ1) is 16.5. The second-order valence-electron chi connectivity index (χ2n) is 9.24. The predicted molar refractivity (Wildman–Crippen MR) is 114 cm³/mol. The standard InChI is InChI=1S/C21H26F6N6O3/c1-12(30-18(34)36-19(2,3)4)10-35-11-14-16(21(25,26)27)15-9-32(5-6-33(15)31-14)17-28-7-13(8-29-17)20(22,23)24/h7-8,12H,5-6,9-11H2,1-4H3,(H,30,34)/t12-/m0/s1. The number of anilines is 1. The average molecular weight is 524 g/mol. The second-order valence-corrected chi connectivity index (χ2v) is 9.24. The maximum Gasteiger partial charge on any atom is 0.420 e. The van der Waals surface area contributed by atoms with Crippen LogP contribution in [-0.4, -0.2) is 50.6 Å². The average Bonchev–Trinajstić information content (AvgIpc) is 3.09. The fourth-order valence-corrected chi connectivity index (χ4v) is 3.49. The number of nitrogens with one attached hydrogen (secondary N) is 1. The van der Waals surface area contributed by atoms with Gasteiger partial charge in [-0.25, -0.2) is 14.8 Å². The van der Waals surface area contributed by atoms with E-state index in [1.807, 2.05) is 0 Å². The summed E-state index contributed by atoms with van der Waals surface area (Å²) in [4.78, 5) is 20.5. The molecule has 0 spiro atoms. The molecule has 3 rings (SSSR count). The number of hydrogen-bond acceptors (Lipinski definition) is 7. The number of halogens is 6. The molecule has 1 aliphatic rings. The van der Waals surface area contributed by atoms with Crippen LogP contribution in [0.25, 0.3) is 0 Å². The molecular formula is C21H26F6N6O3. The molecular weight excluding hydrogens is 498 g/mol. The molecule has 0 aromatic carbocycles. The zero-order valence-corrected chi connectivity index (χ0v) is 20.0. The molecule has 3 heterocycles. The molecule has 1 aliphatic heterocycles. The lowest BCUT2D eigenvalue weighted by atomic mass is 10.1. The fourth-order valence-electron chi connectivity index (χ4n) is 3.49. The molecule has 1 amide bonds. The number of carbonyl (C=O) groups excluding carboxylic acids is 1. The van der Waals surface area contributed by atoms with Crippen molar-refractivity contribution in [2.45, 2.75) is 71.4 Å². The lowest BCUT2D eigenvalue weighted by molar-refractivity contribution is -0.140. The van der Waals surface area contributed by atoms with E-state index < -0.39 is 47.8 Å². The van der Waals surface area contributed by atoms with Gasteiger partial charge in [-0.15, -0.1) is 0 Å². The number of carbonyl (C=O) groups is 1. The summed E-state index contributed by atoms with van der Waals surface area (Å²) < 4.78 is 91.8. The second kappa shape index (κ2) is 10.1. The first-order valence-electron chi connectivity index (χ1n) is 10.9. The van der Waals surface area contributed by atoms with Gasteiger partial charge in [0.25, 0.3) is 0 Å². The van der Waals surface area contributed by atoms with Gasteiger partial charge in [0.15, 0.2) is 0 Å². The minimum absolute atomic E-state index is 0.0411. The lowest BCUT2D eigenvalue weighted by Gasteiger charge is -2.28. The van der Waals surface area contributed by atoms with E-state index in [-0.39, 0.29) is 43.6 Å². The smallest absolute Gasteiger partial charge is 0.420 e. The van der Waals surface area contributed by atoms with Crippen LogP contribution in [0.5, 0.6) is 0 Å². The maximum atomic E-state index is 13.9. The summed E-state index contributed by atoms with van der Waals surface area (Å²) in [6, 6.07) is -0.543. The Hall–Kier alpha value is -3.10. The van der Waals surface area contributed by atoms with Gasteiger partial charge in [0, 0.05) is 18.9 Å². The van der Waals surface area contributed by atoms with Gasteiger partial charge in [-0.3, -0.25) is 4.68 Å². The van der Waals surface area contributed by atoms with Crippen molar-refractivity contribution < 1.29 is 40.6 Å². The van der Waals surface area contributed by atoms with Gasteiger partial charge < -0.3 is 19.7 Å². The summed E-state index contributed by atoms with van der Waals surface area (Å²) in [5.74, 6) is -0.122. The maximum absolute atomic E-state index is 13.9. The first-order valence-corrected chi connectivity index (χ1v) is 10.9. The third-order valence-electron chi connectivity index (χ3n) is 4.95. The van der Waals surface area contributed by atoms with Gasteiger partial charge >= 0.3 is 18.4 Å². The Kier molecular flexibility index (Phi) is 7.72. The number of alkyl halides is 6. The van der Waals surface area contributed by atoms with E-state index in [4.69, 9.17) is 9.47 Å². The first kappa shape index (κ1) is 27.5. The molecule has 0 saturated heterocycles. The van der Waals surface area contributed by atoms with E-state index in [0.717, 1.165) is 0 Å². The Morgan fingerprint density at radius 1 is 1.08 bits per heavy atom. The number of rotatable bonds is 6. The number of nitrogens with zero attached hydrogens (tertiary/aromatic N) is 5. The molecule has 1 atom stereocenters. The number of aromatic nitrogens is 4. The van der Waals surface area contributed by atoms with Gasteiger partial charge in [-0.05, 0) is 27.7 Å². The third kappa shape index (κ3) is 6.98. The van der Waals surface area contributed by atoms with Gasteiger partial charge in [0.2, 0.25) is 5.95 Å². The van der Waals surface area contributed by atoms with E-state index >= 15 is 0 Å². The van der Waals surface area contributed by atoms with Crippen LogP contribution in [-0.2, 0) is 41.5 Å². The highest BCUT2D eigenvalue weighted by atomic mass is 19.4. The molecule has 0 saturated carbocycles. The van der Waals surface area contributed by atoms with Crippen molar-refractivity contribution in [1.29, 1.82) is 0 Å². The molecule has 0 fully saturated rings. The van der Waals surface area contributed by atoms with Gasteiger partial charge in [-0.2, -0.15) is 31.4 Å². The van der Waals surface area contributed by atoms with E-state index in [0.29, 0.717) is 12.4 Å². The number of hydrogen-bond donors (Lipinski definition) is 1. The van der Waals surface area contributed by atoms with Crippen molar-refractivity contribution in [1.82, 2.24) is 25.1 Å². The molecule has 2 aromatic rings. The molecule has 15 heteroatoms. The quantitative estimate of drug-likeness (QED) is 0.567. The van der Waals surface area contributed by atoms with Crippen molar-refractivity contribution in [2.24, 2.45) is 0 Å². The van der Waals surface area contributed by atoms with E-state index in [1.165, 1.54) is 9.58 Å². The largest absolute Gasteiger partial charge is 0.444 e. The van der Waals surface area contributed by atoms with Crippen molar-refractivity contribution in [3.63, 3.8) is 0 Å². The molecule has 1 N–H and O–H groups in total. The van der Waals surface area contributed by atoms with Crippen LogP contribution >= 0.6 is 0 Å². The number of fused-ring (bicyclic) bond motifs is 1. The Bertz CT molecular complexity index is 1060. The van der Waals surface area contributed by atoms with Crippen molar-refractivity contribution >= 4 is 12.0 Å². The normalized spacial score (nSPS) is 15.4. The summed E-state index contributed by atoms with van der Waals surface area (Å²) in [7, 11) is 0. The Balaban J connectivity index is 1.70. The molecule has 0 radical (unpaired) electrons. The van der Waals surface area contributed by atoms with E-state index in [9.17, 15) is 31.1 Å². The minimum Gasteiger partial charge on any atom is -0.444 e. The monoisotopic (exact) mass is 524 g/mol. The molecule has 0 aliphatic carbocycles. The zero-order chi connectivity index (χ0) is 26.9. The third-order valence-corrected chi connectivity index (χ3v) is 4.95. The van der Waals surface area contributed by atoms with Gasteiger partial charge in [0.05, 0.1) is 43.6 Å². The Morgan fingerprint density at radius 3 is 2.28 bits per heavy atom. The lowest BCUT2D eigenvalue weighted by Crippen LogP contribution is -2.39. The summed E-state index contributed by atoms with van der Waals surface area (Å²) >= 11 is 0. The SMILES string of the molecule is C[C@@H](COCc1nn2c(c1C(F)(F)F)CN(c1ncc(C(F)(F)F)cn1)CC2)NC(=O)OC(C)(C)C. The van der Waals surface area contributed by atoms with Crippen molar-refractivity contribution in [2.75, 3.05) is 18.1 Å². The minimum atomic E-state index is -4.75. The van der Waals surface area contributed by atoms with Crippen molar-refractivity contribution in [3.8, 4) is 0 Å². The zero-order valence-electron chi connectivity index (χ0n) is 20.0. The van der Waals surface area contributed by atoms with Crippen LogP contribution in [0.3, 0.4) is 0 Å². The Morgan fingerprint density at radius 2 is 1.72 bits per heavy atom. The summed E-state index contributed by atoms with van der Waals surface area (Å²) in [5, 5.41) is 6.57. The molecule has 0 bridgehead atoms. The molecule has 0 unspecified atom stereocenters. The highest BCUT2D eigenvalue weighted by molar-refractivity contribution is 5.68. The van der Waals surface area contributed by atoms with Crippen LogP contribution in [0, 0.1) is 0 Å². The van der Waals surface area contributed by atoms with Crippen LogP contribution in [0.2, 0.25) is 0 Å². The molecule has 200 valence electrons. The van der Waals surface area contributed by atoms with Crippen molar-refractivity contribution in [3.05, 3.63) is 34.9 Å². The summed E-state index contributed by atoms with van der Waals surface area (Å²) in [6.07, 6.45) is -8.89. The highest BCUT2D eigenvalue weighted by Crippen LogP contribution is 2.37. The molecule has 36 heavy (non-hydrogen) atoms. The van der Waals surface area contributed by atoms with Gasteiger partial charge in [0.1, 0.15) is 16.9 Å². The summed E-state index contributed by atoms with van der Waals surface area (Å²) in [6.45, 7) is 6.01. The van der Waals surface area contributed by atoms with Crippen LogP contribution in [0.1, 0.15) is 50.2 Å². The highest BCUT2D eigenvalue weighted by Gasteiger charge is 2.41. The number of alkyl carbamates (subject to hydrolysis) is 1. The predicted octanol–water partition coefficient (Wildman–Crippen LogP) is 4.16. The van der Waals surface area contributed by atoms with Crippen LogP contribution < -0.4 is 10.2 Å². The number of ether oxygens (including phenoxy) is 2. The molecule has 9 nitrogen and oxygen atoms in total. The van der Waals surface area contributed by atoms with Crippen LogP contribution in [0.15, 0.2) is 12.4 Å². The topological polar surface area (TPSA) is 94.4 Å².